The molecule has 0 radical (unpaired) electrons. The van der Waals surface area contributed by atoms with Gasteiger partial charge in [-0.25, -0.2) is 0 Å². The molecule has 1 aromatic heterocycles. The van der Waals surface area contributed by atoms with Gasteiger partial charge < -0.3 is 0 Å². The van der Waals surface area contributed by atoms with Crippen molar-refractivity contribution in [3.63, 3.8) is 0 Å². The Morgan fingerprint density at radius 2 is 1.75 bits per heavy atom. The summed E-state index contributed by atoms with van der Waals surface area (Å²) in [5, 5.41) is 8.54. The topological polar surface area (TPSA) is 30.7 Å². The smallest absolute Gasteiger partial charge is 0.0827 e. The third-order valence-corrected chi connectivity index (χ3v) is 4.17. The van der Waals surface area contributed by atoms with E-state index in [4.69, 9.17) is 0 Å². The predicted octanol–water partition coefficient (Wildman–Crippen LogP) is 4.86. The van der Waals surface area contributed by atoms with Crippen molar-refractivity contribution in [2.24, 2.45) is 10.8 Å². The molecule has 3 nitrogen and oxygen atoms in total. The summed E-state index contributed by atoms with van der Waals surface area (Å²) in [5.74, 6) is 0. The van der Waals surface area contributed by atoms with Crippen LogP contribution >= 0.6 is 0 Å². The Morgan fingerprint density at radius 3 is 2.35 bits per heavy atom. The van der Waals surface area contributed by atoms with Crippen molar-refractivity contribution < 1.29 is 0 Å². The number of aryl methyl sites for hydroxylation is 2. The number of rotatable bonds is 8. The molecule has 0 aliphatic rings. The zero-order valence-corrected chi connectivity index (χ0v) is 14.4. The van der Waals surface area contributed by atoms with E-state index in [0.29, 0.717) is 10.8 Å². The quantitative estimate of drug-likeness (QED) is 0.636. The van der Waals surface area contributed by atoms with E-state index in [0.717, 1.165) is 18.7 Å². The van der Waals surface area contributed by atoms with Crippen LogP contribution in [-0.2, 0) is 13.0 Å². The molecule has 1 rings (SSSR count). The van der Waals surface area contributed by atoms with Crippen LogP contribution in [0.5, 0.6) is 0 Å². The molecule has 0 aliphatic carbocycles. The van der Waals surface area contributed by atoms with E-state index in [1.165, 1.54) is 32.1 Å². The summed E-state index contributed by atoms with van der Waals surface area (Å²) in [6.07, 6.45) is 9.31. The minimum absolute atomic E-state index is 0.413. The summed E-state index contributed by atoms with van der Waals surface area (Å²) in [5.41, 5.74) is 2.00. The van der Waals surface area contributed by atoms with Gasteiger partial charge in [-0.2, -0.15) is 0 Å². The third kappa shape index (κ3) is 7.06. The second kappa shape index (κ2) is 7.24. The van der Waals surface area contributed by atoms with E-state index < -0.39 is 0 Å². The van der Waals surface area contributed by atoms with Gasteiger partial charge in [0.2, 0.25) is 0 Å². The Morgan fingerprint density at radius 1 is 1.05 bits per heavy atom. The molecule has 0 atom stereocenters. The molecule has 0 fully saturated rings. The minimum Gasteiger partial charge on any atom is -0.252 e. The normalized spacial score (nSPS) is 12.9. The van der Waals surface area contributed by atoms with E-state index in [1.807, 2.05) is 4.68 Å². The average Bonchev–Trinajstić information content (AvgIpc) is 2.79. The lowest BCUT2D eigenvalue weighted by atomic mass is 9.85. The number of nitrogens with zero attached hydrogens (tertiary/aromatic N) is 3. The first-order valence-electron chi connectivity index (χ1n) is 8.11. The summed E-state index contributed by atoms with van der Waals surface area (Å²) in [6.45, 7) is 14.8. The lowest BCUT2D eigenvalue weighted by molar-refractivity contribution is 0.321. The number of aromatic nitrogens is 3. The molecule has 0 N–H and O–H groups in total. The first-order chi connectivity index (χ1) is 9.22. The molecule has 1 heterocycles. The molecule has 1 aromatic rings. The second-order valence-corrected chi connectivity index (χ2v) is 8.01. The number of unbranched alkanes of at least 4 members (excludes halogenated alkanes) is 1. The van der Waals surface area contributed by atoms with Crippen LogP contribution in [0, 0.1) is 10.8 Å². The predicted molar refractivity (Wildman–Crippen MR) is 85.7 cm³/mol. The highest BCUT2D eigenvalue weighted by atomic mass is 15.4. The van der Waals surface area contributed by atoms with Crippen LogP contribution in [0.2, 0.25) is 0 Å². The molecule has 20 heavy (non-hydrogen) atoms. The SMILES string of the molecule is CCC(C)(C)CCc1cn(CCCCC(C)(C)C)nn1. The molecule has 116 valence electrons. The maximum atomic E-state index is 4.29. The molecular formula is C17H33N3. The molecule has 0 unspecified atom stereocenters. The molecule has 0 bridgehead atoms. The summed E-state index contributed by atoms with van der Waals surface area (Å²) in [6, 6.07) is 0. The Kier molecular flexibility index (Phi) is 6.22. The molecule has 0 spiro atoms. The molecular weight excluding hydrogens is 246 g/mol. The van der Waals surface area contributed by atoms with Gasteiger partial charge in [-0.15, -0.1) is 5.10 Å². The number of hydrogen-bond donors (Lipinski definition) is 0. The van der Waals surface area contributed by atoms with Gasteiger partial charge in [0, 0.05) is 12.7 Å². The van der Waals surface area contributed by atoms with Crippen LogP contribution in [-0.4, -0.2) is 15.0 Å². The van der Waals surface area contributed by atoms with Crippen LogP contribution in [0.25, 0.3) is 0 Å². The molecule has 3 heteroatoms. The Hall–Kier alpha value is -0.860. The zero-order chi connectivity index (χ0) is 15.2. The fourth-order valence-corrected chi connectivity index (χ4v) is 2.13. The summed E-state index contributed by atoms with van der Waals surface area (Å²) in [4.78, 5) is 0. The summed E-state index contributed by atoms with van der Waals surface area (Å²) < 4.78 is 2.01. The third-order valence-electron chi connectivity index (χ3n) is 4.17. The maximum absolute atomic E-state index is 4.29. The van der Waals surface area contributed by atoms with Crippen LogP contribution in [0.15, 0.2) is 6.20 Å². The van der Waals surface area contributed by atoms with E-state index in [2.05, 4.69) is 58.1 Å². The minimum atomic E-state index is 0.413. The Bertz CT molecular complexity index is 385. The van der Waals surface area contributed by atoms with Gasteiger partial charge in [0.05, 0.1) is 5.69 Å². The average molecular weight is 279 g/mol. The fraction of sp³-hybridized carbons (Fsp3) is 0.882. The van der Waals surface area contributed by atoms with Crippen molar-refractivity contribution in [2.75, 3.05) is 0 Å². The molecule has 0 amide bonds. The van der Waals surface area contributed by atoms with Crippen molar-refractivity contribution in [3.05, 3.63) is 11.9 Å². The summed E-state index contributed by atoms with van der Waals surface area (Å²) >= 11 is 0. The summed E-state index contributed by atoms with van der Waals surface area (Å²) in [7, 11) is 0. The monoisotopic (exact) mass is 279 g/mol. The van der Waals surface area contributed by atoms with Crippen molar-refractivity contribution in [1.29, 1.82) is 0 Å². The van der Waals surface area contributed by atoms with Gasteiger partial charge in [0.1, 0.15) is 0 Å². The van der Waals surface area contributed by atoms with Gasteiger partial charge in [-0.1, -0.05) is 59.6 Å². The van der Waals surface area contributed by atoms with Gasteiger partial charge in [0.25, 0.3) is 0 Å². The molecule has 0 aromatic carbocycles. The number of hydrogen-bond acceptors (Lipinski definition) is 2. The van der Waals surface area contributed by atoms with E-state index >= 15 is 0 Å². The lowest BCUT2D eigenvalue weighted by Crippen LogP contribution is -2.10. The zero-order valence-electron chi connectivity index (χ0n) is 14.4. The van der Waals surface area contributed by atoms with Gasteiger partial charge in [0.15, 0.2) is 0 Å². The maximum Gasteiger partial charge on any atom is 0.0827 e. The van der Waals surface area contributed by atoms with Crippen molar-refractivity contribution in [3.8, 4) is 0 Å². The van der Waals surface area contributed by atoms with Crippen LogP contribution in [0.1, 0.15) is 79.3 Å². The van der Waals surface area contributed by atoms with Crippen LogP contribution in [0.3, 0.4) is 0 Å². The van der Waals surface area contributed by atoms with Crippen molar-refractivity contribution >= 4 is 0 Å². The fourth-order valence-electron chi connectivity index (χ4n) is 2.13. The van der Waals surface area contributed by atoms with E-state index in [-0.39, 0.29) is 0 Å². The van der Waals surface area contributed by atoms with Gasteiger partial charge in [-0.05, 0) is 36.5 Å². The Balaban J connectivity index is 2.29. The largest absolute Gasteiger partial charge is 0.252 e. The molecule has 0 saturated carbocycles. The highest BCUT2D eigenvalue weighted by Gasteiger charge is 2.15. The van der Waals surface area contributed by atoms with E-state index in [9.17, 15) is 0 Å². The first-order valence-corrected chi connectivity index (χ1v) is 8.11. The van der Waals surface area contributed by atoms with Crippen LogP contribution in [0.4, 0.5) is 0 Å². The highest BCUT2D eigenvalue weighted by Crippen LogP contribution is 2.26. The second-order valence-electron chi connectivity index (χ2n) is 8.01. The Labute approximate surface area is 125 Å². The van der Waals surface area contributed by atoms with Gasteiger partial charge >= 0.3 is 0 Å². The van der Waals surface area contributed by atoms with Gasteiger partial charge in [-0.3, -0.25) is 4.68 Å². The first kappa shape index (κ1) is 17.2. The van der Waals surface area contributed by atoms with E-state index in [1.54, 1.807) is 0 Å². The van der Waals surface area contributed by atoms with Crippen molar-refractivity contribution in [1.82, 2.24) is 15.0 Å². The molecule has 0 aliphatic heterocycles. The molecule has 0 saturated heterocycles. The van der Waals surface area contributed by atoms with Crippen molar-refractivity contribution in [2.45, 2.75) is 86.6 Å². The standard InChI is InChI=1S/C17H33N3/c1-7-17(5,6)12-10-15-14-20(19-18-15)13-9-8-11-16(2,3)4/h14H,7-13H2,1-6H3. The lowest BCUT2D eigenvalue weighted by Gasteiger charge is -2.21. The van der Waals surface area contributed by atoms with Crippen LogP contribution < -0.4 is 0 Å². The highest BCUT2D eigenvalue weighted by molar-refractivity contribution is 4.93.